The summed E-state index contributed by atoms with van der Waals surface area (Å²) in [6.07, 6.45) is 0. The van der Waals surface area contributed by atoms with Crippen molar-refractivity contribution in [2.75, 3.05) is 4.72 Å². The third-order valence-electron chi connectivity index (χ3n) is 3.21. The fraction of sp³-hybridized carbons (Fsp3) is 0. The standard InChI is InChI=1S/C18H14BrNO3S/c19-14-6-8-16(9-7-14)23-17-10-12-18(13-11-17)24(21,22)20-15-4-2-1-3-5-15/h1-13,20H. The number of para-hydroxylation sites is 1. The molecule has 0 spiro atoms. The van der Waals surface area contributed by atoms with Crippen LogP contribution < -0.4 is 9.46 Å². The molecule has 0 unspecified atom stereocenters. The van der Waals surface area contributed by atoms with E-state index in [4.69, 9.17) is 4.74 Å². The van der Waals surface area contributed by atoms with Crippen LogP contribution >= 0.6 is 15.9 Å². The smallest absolute Gasteiger partial charge is 0.261 e. The quantitative estimate of drug-likeness (QED) is 0.648. The number of ether oxygens (including phenoxy) is 1. The Hall–Kier alpha value is -2.31. The lowest BCUT2D eigenvalue weighted by atomic mass is 10.3. The van der Waals surface area contributed by atoms with E-state index in [1.165, 1.54) is 12.1 Å². The molecule has 0 amide bonds. The summed E-state index contributed by atoms with van der Waals surface area (Å²) in [4.78, 5) is 0.175. The molecule has 0 aliphatic heterocycles. The molecular formula is C18H14BrNO3S. The number of anilines is 1. The number of sulfonamides is 1. The van der Waals surface area contributed by atoms with Gasteiger partial charge in [0.1, 0.15) is 11.5 Å². The molecule has 4 nitrogen and oxygen atoms in total. The lowest BCUT2D eigenvalue weighted by Crippen LogP contribution is -2.12. The molecule has 0 saturated carbocycles. The number of hydrogen-bond donors (Lipinski definition) is 1. The molecule has 1 N–H and O–H groups in total. The summed E-state index contributed by atoms with van der Waals surface area (Å²) in [6.45, 7) is 0. The zero-order valence-electron chi connectivity index (χ0n) is 12.5. The SMILES string of the molecule is O=S(=O)(Nc1ccccc1)c1ccc(Oc2ccc(Br)cc2)cc1. The zero-order chi connectivity index (χ0) is 17.0. The number of nitrogens with one attached hydrogen (secondary N) is 1. The van der Waals surface area contributed by atoms with Gasteiger partial charge in [-0.3, -0.25) is 4.72 Å². The van der Waals surface area contributed by atoms with Crippen molar-refractivity contribution in [1.82, 2.24) is 0 Å². The Labute approximate surface area is 149 Å². The first-order valence-corrected chi connectivity index (χ1v) is 9.42. The monoisotopic (exact) mass is 403 g/mol. The summed E-state index contributed by atoms with van der Waals surface area (Å²) in [5, 5.41) is 0. The molecule has 3 aromatic rings. The summed E-state index contributed by atoms with van der Waals surface area (Å²) >= 11 is 3.36. The zero-order valence-corrected chi connectivity index (χ0v) is 14.9. The van der Waals surface area contributed by atoms with Crippen LogP contribution in [0.15, 0.2) is 88.2 Å². The maximum atomic E-state index is 12.4. The van der Waals surface area contributed by atoms with Gasteiger partial charge in [0.15, 0.2) is 0 Å². The lowest BCUT2D eigenvalue weighted by molar-refractivity contribution is 0.482. The van der Waals surface area contributed by atoms with Crippen molar-refractivity contribution in [2.24, 2.45) is 0 Å². The van der Waals surface area contributed by atoms with Gasteiger partial charge in [0, 0.05) is 10.2 Å². The second-order valence-corrected chi connectivity index (χ2v) is 7.60. The van der Waals surface area contributed by atoms with Gasteiger partial charge in [0.2, 0.25) is 0 Å². The molecule has 0 aliphatic carbocycles. The molecule has 3 rings (SSSR count). The van der Waals surface area contributed by atoms with Gasteiger partial charge in [-0.1, -0.05) is 34.1 Å². The van der Waals surface area contributed by atoms with Crippen LogP contribution in [0.3, 0.4) is 0 Å². The topological polar surface area (TPSA) is 55.4 Å². The minimum atomic E-state index is -3.62. The molecular weight excluding hydrogens is 390 g/mol. The van der Waals surface area contributed by atoms with Crippen LogP contribution in [0.5, 0.6) is 11.5 Å². The molecule has 0 atom stereocenters. The Kier molecular flexibility index (Phi) is 4.87. The lowest BCUT2D eigenvalue weighted by Gasteiger charge is -2.09. The Morgan fingerprint density at radius 2 is 1.29 bits per heavy atom. The largest absolute Gasteiger partial charge is 0.457 e. The van der Waals surface area contributed by atoms with Gasteiger partial charge in [-0.15, -0.1) is 0 Å². The number of rotatable bonds is 5. The maximum Gasteiger partial charge on any atom is 0.261 e. The minimum absolute atomic E-state index is 0.175. The van der Waals surface area contributed by atoms with Gasteiger partial charge in [-0.2, -0.15) is 0 Å². The van der Waals surface area contributed by atoms with Crippen molar-refractivity contribution in [2.45, 2.75) is 4.90 Å². The molecule has 3 aromatic carbocycles. The fourth-order valence-electron chi connectivity index (χ4n) is 2.05. The summed E-state index contributed by atoms with van der Waals surface area (Å²) in [6, 6.07) is 22.4. The summed E-state index contributed by atoms with van der Waals surface area (Å²) in [5.41, 5.74) is 0.521. The van der Waals surface area contributed by atoms with Crippen LogP contribution in [0.1, 0.15) is 0 Å². The van der Waals surface area contributed by atoms with Gasteiger partial charge >= 0.3 is 0 Å². The molecule has 0 bridgehead atoms. The van der Waals surface area contributed by atoms with Gasteiger partial charge in [0.05, 0.1) is 4.90 Å². The number of hydrogen-bond acceptors (Lipinski definition) is 3. The second kappa shape index (κ2) is 7.07. The highest BCUT2D eigenvalue weighted by Gasteiger charge is 2.14. The van der Waals surface area contributed by atoms with E-state index in [-0.39, 0.29) is 4.90 Å². The molecule has 6 heteroatoms. The van der Waals surface area contributed by atoms with E-state index in [1.54, 1.807) is 36.4 Å². The first-order chi connectivity index (χ1) is 11.5. The second-order valence-electron chi connectivity index (χ2n) is 5.00. The molecule has 0 aromatic heterocycles. The first-order valence-electron chi connectivity index (χ1n) is 7.14. The highest BCUT2D eigenvalue weighted by molar-refractivity contribution is 9.10. The van der Waals surface area contributed by atoms with Gasteiger partial charge in [-0.25, -0.2) is 8.42 Å². The highest BCUT2D eigenvalue weighted by Crippen LogP contribution is 2.25. The molecule has 0 aliphatic rings. The molecule has 24 heavy (non-hydrogen) atoms. The van der Waals surface area contributed by atoms with E-state index in [9.17, 15) is 8.42 Å². The van der Waals surface area contributed by atoms with Crippen LogP contribution in [0, 0.1) is 0 Å². The molecule has 0 radical (unpaired) electrons. The van der Waals surface area contributed by atoms with Crippen LogP contribution in [0.4, 0.5) is 5.69 Å². The predicted molar refractivity (Wildman–Crippen MR) is 97.9 cm³/mol. The van der Waals surface area contributed by atoms with E-state index in [2.05, 4.69) is 20.7 Å². The molecule has 122 valence electrons. The van der Waals surface area contributed by atoms with Crippen LogP contribution in [-0.4, -0.2) is 8.42 Å². The van der Waals surface area contributed by atoms with E-state index >= 15 is 0 Å². The molecule has 0 heterocycles. The normalized spacial score (nSPS) is 11.0. The van der Waals surface area contributed by atoms with Crippen molar-refractivity contribution >= 4 is 31.6 Å². The van der Waals surface area contributed by atoms with E-state index in [0.29, 0.717) is 17.2 Å². The minimum Gasteiger partial charge on any atom is -0.457 e. The maximum absolute atomic E-state index is 12.4. The first kappa shape index (κ1) is 16.5. The fourth-order valence-corrected chi connectivity index (χ4v) is 3.37. The number of halogens is 1. The van der Waals surface area contributed by atoms with Crippen molar-refractivity contribution in [3.63, 3.8) is 0 Å². The Morgan fingerprint density at radius 3 is 1.88 bits per heavy atom. The molecule has 0 fully saturated rings. The molecule has 0 saturated heterocycles. The highest BCUT2D eigenvalue weighted by atomic mass is 79.9. The Bertz CT molecular complexity index is 909. The van der Waals surface area contributed by atoms with Gasteiger partial charge < -0.3 is 4.74 Å². The van der Waals surface area contributed by atoms with Crippen molar-refractivity contribution in [3.8, 4) is 11.5 Å². The van der Waals surface area contributed by atoms with Crippen LogP contribution in [0.25, 0.3) is 0 Å². The van der Waals surface area contributed by atoms with Gasteiger partial charge in [0.25, 0.3) is 10.0 Å². The van der Waals surface area contributed by atoms with Crippen molar-refractivity contribution in [3.05, 3.63) is 83.3 Å². The average Bonchev–Trinajstić information content (AvgIpc) is 2.58. The average molecular weight is 404 g/mol. The Morgan fingerprint density at radius 1 is 0.750 bits per heavy atom. The summed E-state index contributed by atoms with van der Waals surface area (Å²) < 4.78 is 33.9. The van der Waals surface area contributed by atoms with Crippen molar-refractivity contribution < 1.29 is 13.2 Å². The van der Waals surface area contributed by atoms with E-state index < -0.39 is 10.0 Å². The number of benzene rings is 3. The predicted octanol–water partition coefficient (Wildman–Crippen LogP) is 5.04. The van der Waals surface area contributed by atoms with Crippen LogP contribution in [0.2, 0.25) is 0 Å². The van der Waals surface area contributed by atoms with E-state index in [1.807, 2.05) is 30.3 Å². The Balaban J connectivity index is 1.75. The third kappa shape index (κ3) is 4.15. The van der Waals surface area contributed by atoms with Crippen molar-refractivity contribution in [1.29, 1.82) is 0 Å². The van der Waals surface area contributed by atoms with Gasteiger partial charge in [-0.05, 0) is 60.7 Å². The third-order valence-corrected chi connectivity index (χ3v) is 5.14. The summed E-state index contributed by atoms with van der Waals surface area (Å²) in [5.74, 6) is 1.24. The van der Waals surface area contributed by atoms with Crippen LogP contribution in [-0.2, 0) is 10.0 Å². The summed E-state index contributed by atoms with van der Waals surface area (Å²) in [7, 11) is -3.62. The van der Waals surface area contributed by atoms with E-state index in [0.717, 1.165) is 4.47 Å².